The van der Waals surface area contributed by atoms with Crippen LogP contribution in [-0.2, 0) is 15.0 Å². The Labute approximate surface area is 219 Å². The number of nitrogens with one attached hydrogen (secondary N) is 2. The van der Waals surface area contributed by atoms with E-state index in [1.807, 2.05) is 50.2 Å². The first-order valence-corrected chi connectivity index (χ1v) is 12.7. The number of aryl methyl sites for hydroxylation is 1. The summed E-state index contributed by atoms with van der Waals surface area (Å²) in [7, 11) is 0. The van der Waals surface area contributed by atoms with Crippen LogP contribution >= 0.6 is 0 Å². The lowest BCUT2D eigenvalue weighted by Gasteiger charge is -2.24. The van der Waals surface area contributed by atoms with Crippen LogP contribution in [0.1, 0.15) is 68.4 Å². The molecule has 0 fully saturated rings. The number of carbonyl (C=O) groups excluding carboxylic acids is 3. The van der Waals surface area contributed by atoms with Crippen LogP contribution in [0.3, 0.4) is 0 Å². The third-order valence-electron chi connectivity index (χ3n) is 6.59. The summed E-state index contributed by atoms with van der Waals surface area (Å²) >= 11 is 0. The van der Waals surface area contributed by atoms with Crippen molar-refractivity contribution in [3.8, 4) is 5.75 Å². The maximum atomic E-state index is 12.8. The van der Waals surface area contributed by atoms with E-state index in [1.165, 1.54) is 5.56 Å². The van der Waals surface area contributed by atoms with Gasteiger partial charge < -0.3 is 15.4 Å². The molecule has 3 aromatic carbocycles. The van der Waals surface area contributed by atoms with Crippen LogP contribution in [0.25, 0.3) is 0 Å². The molecule has 6 nitrogen and oxygen atoms in total. The van der Waals surface area contributed by atoms with Crippen molar-refractivity contribution in [1.29, 1.82) is 0 Å². The number of ketones is 1. The Morgan fingerprint density at radius 2 is 1.38 bits per heavy atom. The smallest absolute Gasteiger partial charge is 0.265 e. The molecule has 3 aromatic rings. The zero-order valence-corrected chi connectivity index (χ0v) is 22.3. The molecule has 0 saturated heterocycles. The van der Waals surface area contributed by atoms with Gasteiger partial charge in [-0.3, -0.25) is 14.4 Å². The molecule has 0 radical (unpaired) electrons. The molecule has 0 aromatic heterocycles. The van der Waals surface area contributed by atoms with Crippen LogP contribution in [0.4, 0.5) is 11.4 Å². The highest BCUT2D eigenvalue weighted by atomic mass is 16.5. The van der Waals surface area contributed by atoms with E-state index in [2.05, 4.69) is 31.4 Å². The molecule has 2 amide bonds. The van der Waals surface area contributed by atoms with Gasteiger partial charge in [-0.25, -0.2) is 0 Å². The number of hydrogen-bond donors (Lipinski definition) is 2. The van der Waals surface area contributed by atoms with E-state index in [9.17, 15) is 14.4 Å². The van der Waals surface area contributed by atoms with E-state index in [4.69, 9.17) is 4.74 Å². The molecule has 0 aliphatic heterocycles. The molecule has 0 aliphatic carbocycles. The summed E-state index contributed by atoms with van der Waals surface area (Å²) < 4.78 is 5.95. The van der Waals surface area contributed by atoms with Crippen molar-refractivity contribution in [2.24, 2.45) is 0 Å². The van der Waals surface area contributed by atoms with Gasteiger partial charge in [-0.15, -0.1) is 0 Å². The van der Waals surface area contributed by atoms with Crippen molar-refractivity contribution in [1.82, 2.24) is 0 Å². The Morgan fingerprint density at radius 1 is 0.811 bits per heavy atom. The lowest BCUT2D eigenvalue weighted by Crippen LogP contribution is -2.32. The fraction of sp³-hybridized carbons (Fsp3) is 0.323. The second-order valence-electron chi connectivity index (χ2n) is 9.86. The van der Waals surface area contributed by atoms with Crippen LogP contribution < -0.4 is 15.4 Å². The van der Waals surface area contributed by atoms with Gasteiger partial charge in [0, 0.05) is 16.9 Å². The number of benzene rings is 3. The minimum atomic E-state index is -0.656. The molecule has 2 N–H and O–H groups in total. The van der Waals surface area contributed by atoms with Crippen molar-refractivity contribution >= 4 is 29.0 Å². The standard InChI is InChI=1S/C31H36N2O4/c1-6-28(37-26-18-12-23(13-19-26)31(4,5)7-2)30(36)33-25-16-10-22(11-17-25)27(34)20-29(35)32-24-14-8-21(3)9-15-24/h8-19,28H,6-7,20H2,1-5H3,(H,32,35)(H,33,36)/t28-/m1/s1. The molecule has 0 spiro atoms. The summed E-state index contributed by atoms with van der Waals surface area (Å²) in [5, 5.41) is 5.58. The van der Waals surface area contributed by atoms with Gasteiger partial charge in [0.25, 0.3) is 5.91 Å². The minimum Gasteiger partial charge on any atom is -0.481 e. The summed E-state index contributed by atoms with van der Waals surface area (Å²) in [5.41, 5.74) is 3.99. The molecule has 1 atom stereocenters. The highest BCUT2D eigenvalue weighted by Gasteiger charge is 2.21. The topological polar surface area (TPSA) is 84.5 Å². The first-order chi connectivity index (χ1) is 17.6. The number of ether oxygens (including phenoxy) is 1. The number of Topliss-reactive ketones (excluding diaryl/α,β-unsaturated/α-hetero) is 1. The number of rotatable bonds is 11. The van der Waals surface area contributed by atoms with Gasteiger partial charge in [0.15, 0.2) is 11.9 Å². The van der Waals surface area contributed by atoms with Crippen LogP contribution in [-0.4, -0.2) is 23.7 Å². The summed E-state index contributed by atoms with van der Waals surface area (Å²) in [6.45, 7) is 10.4. The summed E-state index contributed by atoms with van der Waals surface area (Å²) in [4.78, 5) is 37.6. The monoisotopic (exact) mass is 500 g/mol. The van der Waals surface area contributed by atoms with Crippen LogP contribution in [0.5, 0.6) is 5.75 Å². The highest BCUT2D eigenvalue weighted by Crippen LogP contribution is 2.28. The number of anilines is 2. The average Bonchev–Trinajstić information content (AvgIpc) is 2.89. The van der Waals surface area contributed by atoms with Crippen molar-refractivity contribution < 1.29 is 19.1 Å². The first-order valence-electron chi connectivity index (χ1n) is 12.7. The van der Waals surface area contributed by atoms with E-state index in [-0.39, 0.29) is 29.4 Å². The fourth-order valence-electron chi connectivity index (χ4n) is 3.73. The SMILES string of the molecule is CC[C@@H](Oc1ccc(C(C)(C)CC)cc1)C(=O)Nc1ccc(C(=O)CC(=O)Nc2ccc(C)cc2)cc1. The fourth-order valence-corrected chi connectivity index (χ4v) is 3.73. The Kier molecular flexibility index (Phi) is 9.23. The van der Waals surface area contributed by atoms with Crippen LogP contribution in [0.15, 0.2) is 72.8 Å². The molecule has 0 heterocycles. The normalized spacial score (nSPS) is 11.9. The summed E-state index contributed by atoms with van der Waals surface area (Å²) in [6, 6.07) is 21.8. The number of carbonyl (C=O) groups is 3. The third kappa shape index (κ3) is 7.78. The predicted molar refractivity (Wildman–Crippen MR) is 148 cm³/mol. The van der Waals surface area contributed by atoms with Gasteiger partial charge in [0.1, 0.15) is 5.75 Å². The van der Waals surface area contributed by atoms with E-state index in [0.29, 0.717) is 29.1 Å². The molecular formula is C31H36N2O4. The Morgan fingerprint density at radius 3 is 1.95 bits per heavy atom. The maximum absolute atomic E-state index is 12.8. The van der Waals surface area contributed by atoms with Gasteiger partial charge in [-0.2, -0.15) is 0 Å². The van der Waals surface area contributed by atoms with Gasteiger partial charge >= 0.3 is 0 Å². The second kappa shape index (κ2) is 12.3. The van der Waals surface area contributed by atoms with Crippen molar-refractivity contribution in [3.05, 3.63) is 89.5 Å². The molecule has 194 valence electrons. The van der Waals surface area contributed by atoms with Crippen LogP contribution in [0.2, 0.25) is 0 Å². The molecule has 0 bridgehead atoms. The van der Waals surface area contributed by atoms with E-state index in [0.717, 1.165) is 12.0 Å². The van der Waals surface area contributed by atoms with E-state index < -0.39 is 6.10 Å². The molecule has 37 heavy (non-hydrogen) atoms. The molecular weight excluding hydrogens is 464 g/mol. The quantitative estimate of drug-likeness (QED) is 0.227. The van der Waals surface area contributed by atoms with Crippen molar-refractivity contribution in [2.45, 2.75) is 65.4 Å². The zero-order valence-electron chi connectivity index (χ0n) is 22.3. The third-order valence-corrected chi connectivity index (χ3v) is 6.59. The first kappa shape index (κ1) is 27.7. The molecule has 6 heteroatoms. The van der Waals surface area contributed by atoms with Crippen LogP contribution in [0, 0.1) is 6.92 Å². The second-order valence-corrected chi connectivity index (χ2v) is 9.86. The highest BCUT2D eigenvalue weighted by molar-refractivity contribution is 6.11. The van der Waals surface area contributed by atoms with E-state index >= 15 is 0 Å². The van der Waals surface area contributed by atoms with Crippen molar-refractivity contribution in [2.75, 3.05) is 10.6 Å². The lowest BCUT2D eigenvalue weighted by atomic mass is 9.82. The average molecular weight is 501 g/mol. The van der Waals surface area contributed by atoms with Crippen molar-refractivity contribution in [3.63, 3.8) is 0 Å². The largest absolute Gasteiger partial charge is 0.481 e. The number of amides is 2. The maximum Gasteiger partial charge on any atom is 0.265 e. The molecule has 0 saturated carbocycles. The number of hydrogen-bond acceptors (Lipinski definition) is 4. The molecule has 0 unspecified atom stereocenters. The Hall–Kier alpha value is -3.93. The lowest BCUT2D eigenvalue weighted by molar-refractivity contribution is -0.122. The zero-order chi connectivity index (χ0) is 27.0. The van der Waals surface area contributed by atoms with Gasteiger partial charge in [-0.1, -0.05) is 57.5 Å². The molecule has 3 rings (SSSR count). The summed E-state index contributed by atoms with van der Waals surface area (Å²) in [5.74, 6) is -0.299. The summed E-state index contributed by atoms with van der Waals surface area (Å²) in [6.07, 6.45) is 0.607. The molecule has 0 aliphatic rings. The predicted octanol–water partition coefficient (Wildman–Crippen LogP) is 6.69. The van der Waals surface area contributed by atoms with E-state index in [1.54, 1.807) is 36.4 Å². The Bertz CT molecular complexity index is 1210. The van der Waals surface area contributed by atoms with Gasteiger partial charge in [-0.05, 0) is 79.3 Å². The van der Waals surface area contributed by atoms with Gasteiger partial charge in [0.2, 0.25) is 5.91 Å². The van der Waals surface area contributed by atoms with Gasteiger partial charge in [0.05, 0.1) is 6.42 Å². The Balaban J connectivity index is 1.54. The minimum absolute atomic E-state index is 0.0818.